The summed E-state index contributed by atoms with van der Waals surface area (Å²) in [7, 11) is 0. The molecule has 0 aliphatic carbocycles. The molecule has 0 heterocycles. The van der Waals surface area contributed by atoms with Crippen molar-refractivity contribution in [3.05, 3.63) is 0 Å². The smallest absolute Gasteiger partial charge is 0.326 e. The van der Waals surface area contributed by atoms with Gasteiger partial charge in [-0.25, -0.2) is 9.59 Å². The molecule has 0 aromatic carbocycles. The molecule has 0 unspecified atom stereocenters. The van der Waals surface area contributed by atoms with Gasteiger partial charge >= 0.3 is 18.0 Å². The Hall–Kier alpha value is -1.79. The van der Waals surface area contributed by atoms with Crippen LogP contribution in [0.4, 0.5) is 4.79 Å². The Morgan fingerprint density at radius 1 is 1.15 bits per heavy atom. The number of amides is 2. The van der Waals surface area contributed by atoms with Crippen LogP contribution in [0.3, 0.4) is 0 Å². The van der Waals surface area contributed by atoms with E-state index in [1.165, 1.54) is 0 Å². The Morgan fingerprint density at radius 3 is 2.10 bits per heavy atom. The van der Waals surface area contributed by atoms with Gasteiger partial charge in [0.15, 0.2) is 0 Å². The zero-order valence-corrected chi connectivity index (χ0v) is 12.2. The third-order valence-electron chi connectivity index (χ3n) is 3.46. The fraction of sp³-hybridized carbons (Fsp3) is 0.769. The quantitative estimate of drug-likeness (QED) is 0.514. The van der Waals surface area contributed by atoms with Gasteiger partial charge < -0.3 is 20.8 Å². The maximum absolute atomic E-state index is 11.8. The molecular formula is C13H24N2O5. The number of urea groups is 1. The Labute approximate surface area is 118 Å². The lowest BCUT2D eigenvalue weighted by Gasteiger charge is -2.29. The Balaban J connectivity index is 4.41. The Kier molecular flexibility index (Phi) is 7.64. The van der Waals surface area contributed by atoms with Crippen LogP contribution in [0.1, 0.15) is 52.9 Å². The highest BCUT2D eigenvalue weighted by Crippen LogP contribution is 2.13. The second kappa shape index (κ2) is 8.39. The number of carboxylic acid groups (broad SMARTS) is 2. The first-order chi connectivity index (χ1) is 9.24. The fourth-order valence-electron chi connectivity index (χ4n) is 1.61. The summed E-state index contributed by atoms with van der Waals surface area (Å²) in [6.45, 7) is 5.75. The second-order valence-electron chi connectivity index (χ2n) is 5.04. The van der Waals surface area contributed by atoms with Crippen LogP contribution in [0.15, 0.2) is 0 Å². The van der Waals surface area contributed by atoms with Crippen molar-refractivity contribution in [2.45, 2.75) is 64.5 Å². The van der Waals surface area contributed by atoms with Crippen LogP contribution in [-0.2, 0) is 9.59 Å². The van der Waals surface area contributed by atoms with Gasteiger partial charge in [0.05, 0.1) is 0 Å². The number of carbonyl (C=O) groups is 3. The zero-order chi connectivity index (χ0) is 15.8. The highest BCUT2D eigenvalue weighted by atomic mass is 16.4. The molecule has 0 aliphatic rings. The monoisotopic (exact) mass is 288 g/mol. The lowest BCUT2D eigenvalue weighted by atomic mass is 9.96. The maximum Gasteiger partial charge on any atom is 0.326 e. The summed E-state index contributed by atoms with van der Waals surface area (Å²) in [4.78, 5) is 33.2. The molecule has 7 heteroatoms. The lowest BCUT2D eigenvalue weighted by Crippen LogP contribution is -2.53. The van der Waals surface area contributed by atoms with Crippen molar-refractivity contribution in [2.24, 2.45) is 0 Å². The van der Waals surface area contributed by atoms with E-state index in [0.717, 1.165) is 12.8 Å². The third kappa shape index (κ3) is 6.96. The molecule has 2 amide bonds. The van der Waals surface area contributed by atoms with E-state index < -0.39 is 24.0 Å². The van der Waals surface area contributed by atoms with Gasteiger partial charge in [-0.1, -0.05) is 13.8 Å². The molecule has 7 nitrogen and oxygen atoms in total. The van der Waals surface area contributed by atoms with E-state index >= 15 is 0 Å². The van der Waals surface area contributed by atoms with Gasteiger partial charge in [0.1, 0.15) is 6.04 Å². The number of nitrogens with one attached hydrogen (secondary N) is 2. The molecule has 20 heavy (non-hydrogen) atoms. The minimum absolute atomic E-state index is 0.0873. The van der Waals surface area contributed by atoms with E-state index in [0.29, 0.717) is 0 Å². The average molecular weight is 288 g/mol. The van der Waals surface area contributed by atoms with Gasteiger partial charge in [0.25, 0.3) is 0 Å². The topological polar surface area (TPSA) is 116 Å². The van der Waals surface area contributed by atoms with Crippen molar-refractivity contribution in [1.82, 2.24) is 10.6 Å². The SMILES string of the molecule is CCC(C)(CC)NC(=O)N[C@H](CCCC(=O)O)C(=O)O. The van der Waals surface area contributed by atoms with Crippen LogP contribution in [0.25, 0.3) is 0 Å². The summed E-state index contributed by atoms with van der Waals surface area (Å²) in [5.41, 5.74) is -0.381. The van der Waals surface area contributed by atoms with Crippen molar-refractivity contribution in [3.63, 3.8) is 0 Å². The van der Waals surface area contributed by atoms with Crippen LogP contribution >= 0.6 is 0 Å². The van der Waals surface area contributed by atoms with Crippen LogP contribution in [-0.4, -0.2) is 39.8 Å². The van der Waals surface area contributed by atoms with E-state index in [1.54, 1.807) is 0 Å². The van der Waals surface area contributed by atoms with E-state index in [-0.39, 0.29) is 24.8 Å². The van der Waals surface area contributed by atoms with Crippen LogP contribution in [0.2, 0.25) is 0 Å². The summed E-state index contributed by atoms with van der Waals surface area (Å²) in [5.74, 6) is -2.15. The first kappa shape index (κ1) is 18.2. The molecule has 0 bridgehead atoms. The molecule has 0 spiro atoms. The molecule has 0 aromatic heterocycles. The zero-order valence-electron chi connectivity index (χ0n) is 12.2. The van der Waals surface area contributed by atoms with E-state index in [9.17, 15) is 14.4 Å². The molecule has 0 aromatic rings. The van der Waals surface area contributed by atoms with Gasteiger partial charge in [-0.3, -0.25) is 4.79 Å². The van der Waals surface area contributed by atoms with Crippen molar-refractivity contribution in [3.8, 4) is 0 Å². The molecule has 0 radical (unpaired) electrons. The van der Waals surface area contributed by atoms with Crippen molar-refractivity contribution >= 4 is 18.0 Å². The van der Waals surface area contributed by atoms with Crippen molar-refractivity contribution in [2.75, 3.05) is 0 Å². The summed E-state index contributed by atoms with van der Waals surface area (Å²) in [6.07, 6.45) is 1.63. The minimum Gasteiger partial charge on any atom is -0.481 e. The first-order valence-corrected chi connectivity index (χ1v) is 6.77. The molecule has 4 N–H and O–H groups in total. The van der Waals surface area contributed by atoms with Gasteiger partial charge in [0, 0.05) is 12.0 Å². The van der Waals surface area contributed by atoms with Gasteiger partial charge in [0.2, 0.25) is 0 Å². The largest absolute Gasteiger partial charge is 0.481 e. The molecule has 0 saturated heterocycles. The summed E-state index contributed by atoms with van der Waals surface area (Å²) in [5, 5.41) is 22.6. The van der Waals surface area contributed by atoms with Crippen molar-refractivity contribution in [1.29, 1.82) is 0 Å². The van der Waals surface area contributed by atoms with Gasteiger partial charge in [-0.05, 0) is 32.6 Å². The number of carboxylic acids is 2. The average Bonchev–Trinajstić information content (AvgIpc) is 2.36. The lowest BCUT2D eigenvalue weighted by molar-refractivity contribution is -0.140. The maximum atomic E-state index is 11.8. The molecule has 116 valence electrons. The van der Waals surface area contributed by atoms with Gasteiger partial charge in [-0.15, -0.1) is 0 Å². The minimum atomic E-state index is -1.17. The van der Waals surface area contributed by atoms with Crippen LogP contribution in [0.5, 0.6) is 0 Å². The number of carbonyl (C=O) groups excluding carboxylic acids is 1. The molecule has 1 atom stereocenters. The predicted octanol–water partition coefficient (Wildman–Crippen LogP) is 1.57. The van der Waals surface area contributed by atoms with E-state index in [4.69, 9.17) is 10.2 Å². The Morgan fingerprint density at radius 2 is 1.70 bits per heavy atom. The number of rotatable bonds is 9. The van der Waals surface area contributed by atoms with E-state index in [2.05, 4.69) is 10.6 Å². The number of hydrogen-bond acceptors (Lipinski definition) is 3. The Bertz CT molecular complexity index is 353. The van der Waals surface area contributed by atoms with Gasteiger partial charge in [-0.2, -0.15) is 0 Å². The van der Waals surface area contributed by atoms with E-state index in [1.807, 2.05) is 20.8 Å². The highest BCUT2D eigenvalue weighted by molar-refractivity contribution is 5.82. The molecular weight excluding hydrogens is 264 g/mol. The fourth-order valence-corrected chi connectivity index (χ4v) is 1.61. The number of aliphatic carboxylic acids is 2. The summed E-state index contributed by atoms with van der Waals surface area (Å²) >= 11 is 0. The second-order valence-corrected chi connectivity index (χ2v) is 5.04. The van der Waals surface area contributed by atoms with Crippen molar-refractivity contribution < 1.29 is 24.6 Å². The molecule has 0 rings (SSSR count). The van der Waals surface area contributed by atoms with Crippen LogP contribution in [0, 0.1) is 0 Å². The standard InChI is InChI=1S/C13H24N2O5/c1-4-13(3,5-2)15-12(20)14-9(11(18)19)7-6-8-10(16)17/h9H,4-8H2,1-3H3,(H,16,17)(H,18,19)(H2,14,15,20)/t9-/m1/s1. The predicted molar refractivity (Wildman–Crippen MR) is 73.6 cm³/mol. The molecule has 0 aliphatic heterocycles. The normalized spacial score (nSPS) is 12.6. The first-order valence-electron chi connectivity index (χ1n) is 6.77. The summed E-state index contributed by atoms with van der Waals surface area (Å²) in [6, 6.07) is -1.62. The molecule has 0 saturated carbocycles. The third-order valence-corrected chi connectivity index (χ3v) is 3.46. The number of hydrogen-bond donors (Lipinski definition) is 4. The summed E-state index contributed by atoms with van der Waals surface area (Å²) < 4.78 is 0. The highest BCUT2D eigenvalue weighted by Gasteiger charge is 2.25. The van der Waals surface area contributed by atoms with Crippen LogP contribution < -0.4 is 10.6 Å². The molecule has 0 fully saturated rings.